The standard InChI is InChI=1S/C23H19N3S/c1-26(16-23-25-21-8-4-5-9-22(21)27-23)15-17-10-12-18(13-11-17)20-7-3-2-6-19(20)14-24/h2-13H,15-16H2,1H3. The molecule has 0 aliphatic carbocycles. The highest BCUT2D eigenvalue weighted by molar-refractivity contribution is 7.18. The number of para-hydroxylation sites is 1. The van der Waals surface area contributed by atoms with Crippen LogP contribution in [0.4, 0.5) is 0 Å². The second-order valence-corrected chi connectivity index (χ2v) is 7.72. The third-order valence-electron chi connectivity index (χ3n) is 4.51. The molecule has 0 N–H and O–H groups in total. The molecule has 1 aromatic heterocycles. The van der Waals surface area contributed by atoms with Gasteiger partial charge in [-0.25, -0.2) is 4.98 Å². The van der Waals surface area contributed by atoms with Crippen LogP contribution in [0.1, 0.15) is 16.1 Å². The molecule has 0 aliphatic rings. The number of hydrogen-bond acceptors (Lipinski definition) is 4. The summed E-state index contributed by atoms with van der Waals surface area (Å²) >= 11 is 1.76. The van der Waals surface area contributed by atoms with E-state index in [0.717, 1.165) is 34.7 Å². The van der Waals surface area contributed by atoms with Crippen molar-refractivity contribution in [3.05, 3.63) is 88.9 Å². The van der Waals surface area contributed by atoms with Gasteiger partial charge in [0.25, 0.3) is 0 Å². The molecule has 0 saturated carbocycles. The van der Waals surface area contributed by atoms with Gasteiger partial charge in [0.05, 0.1) is 28.4 Å². The number of fused-ring (bicyclic) bond motifs is 1. The Hall–Kier alpha value is -3.00. The number of benzene rings is 3. The van der Waals surface area contributed by atoms with E-state index in [1.807, 2.05) is 30.3 Å². The Kier molecular flexibility index (Phi) is 4.97. The summed E-state index contributed by atoms with van der Waals surface area (Å²) in [5.41, 5.74) is 5.08. The van der Waals surface area contributed by atoms with E-state index < -0.39 is 0 Å². The minimum absolute atomic E-state index is 0.707. The van der Waals surface area contributed by atoms with Gasteiger partial charge in [0.1, 0.15) is 5.01 Å². The maximum atomic E-state index is 9.28. The van der Waals surface area contributed by atoms with Crippen LogP contribution in [0.15, 0.2) is 72.8 Å². The molecule has 0 aliphatic heterocycles. The topological polar surface area (TPSA) is 39.9 Å². The van der Waals surface area contributed by atoms with E-state index in [-0.39, 0.29) is 0 Å². The lowest BCUT2D eigenvalue weighted by atomic mass is 9.99. The molecule has 4 heteroatoms. The Morgan fingerprint density at radius 1 is 0.926 bits per heavy atom. The van der Waals surface area contributed by atoms with Crippen LogP contribution >= 0.6 is 11.3 Å². The summed E-state index contributed by atoms with van der Waals surface area (Å²) in [5.74, 6) is 0. The predicted molar refractivity (Wildman–Crippen MR) is 111 cm³/mol. The van der Waals surface area contributed by atoms with Crippen molar-refractivity contribution in [1.29, 1.82) is 5.26 Å². The van der Waals surface area contributed by atoms with Gasteiger partial charge in [0, 0.05) is 6.54 Å². The van der Waals surface area contributed by atoms with E-state index in [1.54, 1.807) is 11.3 Å². The number of rotatable bonds is 5. The Balaban J connectivity index is 1.45. The summed E-state index contributed by atoms with van der Waals surface area (Å²) in [7, 11) is 2.12. The molecule has 0 saturated heterocycles. The Morgan fingerprint density at radius 3 is 2.44 bits per heavy atom. The largest absolute Gasteiger partial charge is 0.295 e. The highest BCUT2D eigenvalue weighted by Crippen LogP contribution is 2.25. The minimum Gasteiger partial charge on any atom is -0.295 e. The lowest BCUT2D eigenvalue weighted by Crippen LogP contribution is -2.17. The first-order chi connectivity index (χ1) is 13.2. The van der Waals surface area contributed by atoms with Crippen LogP contribution in [0.2, 0.25) is 0 Å². The van der Waals surface area contributed by atoms with Crippen LogP contribution in [-0.4, -0.2) is 16.9 Å². The zero-order chi connectivity index (χ0) is 18.6. The summed E-state index contributed by atoms with van der Waals surface area (Å²) in [6, 6.07) is 26.7. The van der Waals surface area contributed by atoms with Crippen LogP contribution in [-0.2, 0) is 13.1 Å². The number of thiazole rings is 1. The monoisotopic (exact) mass is 369 g/mol. The van der Waals surface area contributed by atoms with Gasteiger partial charge in [0.15, 0.2) is 0 Å². The maximum Gasteiger partial charge on any atom is 0.108 e. The van der Waals surface area contributed by atoms with Crippen LogP contribution in [0.5, 0.6) is 0 Å². The highest BCUT2D eigenvalue weighted by Gasteiger charge is 2.08. The third kappa shape index (κ3) is 3.90. The van der Waals surface area contributed by atoms with Crippen molar-refractivity contribution < 1.29 is 0 Å². The summed E-state index contributed by atoms with van der Waals surface area (Å²) in [6.45, 7) is 1.69. The fraction of sp³-hybridized carbons (Fsp3) is 0.130. The third-order valence-corrected chi connectivity index (χ3v) is 5.53. The van der Waals surface area contributed by atoms with Crippen molar-refractivity contribution >= 4 is 21.6 Å². The fourth-order valence-corrected chi connectivity index (χ4v) is 4.26. The van der Waals surface area contributed by atoms with Crippen LogP contribution in [0, 0.1) is 11.3 Å². The molecular formula is C23H19N3S. The zero-order valence-corrected chi connectivity index (χ0v) is 15.9. The van der Waals surface area contributed by atoms with Gasteiger partial charge in [-0.3, -0.25) is 4.90 Å². The van der Waals surface area contributed by atoms with Crippen molar-refractivity contribution in [3.8, 4) is 17.2 Å². The number of nitriles is 1. The van der Waals surface area contributed by atoms with Crippen LogP contribution in [0.25, 0.3) is 21.3 Å². The van der Waals surface area contributed by atoms with E-state index in [1.165, 1.54) is 10.3 Å². The van der Waals surface area contributed by atoms with Gasteiger partial charge in [-0.1, -0.05) is 54.6 Å². The maximum absolute atomic E-state index is 9.28. The summed E-state index contributed by atoms with van der Waals surface area (Å²) in [6.07, 6.45) is 0. The molecular weight excluding hydrogens is 350 g/mol. The lowest BCUT2D eigenvalue weighted by molar-refractivity contribution is 0.319. The van der Waals surface area contributed by atoms with Gasteiger partial charge in [-0.2, -0.15) is 5.26 Å². The molecule has 4 aromatic rings. The van der Waals surface area contributed by atoms with Crippen molar-refractivity contribution in [3.63, 3.8) is 0 Å². The van der Waals surface area contributed by atoms with Gasteiger partial charge < -0.3 is 0 Å². The molecule has 4 rings (SSSR count). The second kappa shape index (κ2) is 7.71. The lowest BCUT2D eigenvalue weighted by Gasteiger charge is -2.15. The van der Waals surface area contributed by atoms with Crippen molar-refractivity contribution in [2.45, 2.75) is 13.1 Å². The van der Waals surface area contributed by atoms with Gasteiger partial charge in [-0.15, -0.1) is 11.3 Å². The normalized spacial score (nSPS) is 11.0. The molecule has 0 radical (unpaired) electrons. The first-order valence-electron chi connectivity index (χ1n) is 8.84. The Morgan fingerprint density at radius 2 is 1.67 bits per heavy atom. The Labute approximate surface area is 163 Å². The van der Waals surface area contributed by atoms with E-state index in [9.17, 15) is 5.26 Å². The number of nitrogens with zero attached hydrogens (tertiary/aromatic N) is 3. The Bertz CT molecular complexity index is 1070. The van der Waals surface area contributed by atoms with Gasteiger partial charge in [-0.05, 0) is 41.9 Å². The van der Waals surface area contributed by atoms with E-state index in [2.05, 4.69) is 60.5 Å². The molecule has 132 valence electrons. The molecule has 0 spiro atoms. The van der Waals surface area contributed by atoms with Crippen molar-refractivity contribution in [1.82, 2.24) is 9.88 Å². The van der Waals surface area contributed by atoms with Gasteiger partial charge >= 0.3 is 0 Å². The smallest absolute Gasteiger partial charge is 0.108 e. The summed E-state index contributed by atoms with van der Waals surface area (Å²) in [4.78, 5) is 6.99. The molecule has 27 heavy (non-hydrogen) atoms. The molecule has 3 nitrogen and oxygen atoms in total. The molecule has 3 aromatic carbocycles. The zero-order valence-electron chi connectivity index (χ0n) is 15.1. The van der Waals surface area contributed by atoms with Gasteiger partial charge in [0.2, 0.25) is 0 Å². The van der Waals surface area contributed by atoms with E-state index in [0.29, 0.717) is 5.56 Å². The van der Waals surface area contributed by atoms with Crippen LogP contribution in [0.3, 0.4) is 0 Å². The average Bonchev–Trinajstić information content (AvgIpc) is 3.10. The minimum atomic E-state index is 0.707. The van der Waals surface area contributed by atoms with E-state index in [4.69, 9.17) is 4.98 Å². The molecule has 1 heterocycles. The molecule has 0 amide bonds. The quantitative estimate of drug-likeness (QED) is 0.468. The molecule has 0 unspecified atom stereocenters. The van der Waals surface area contributed by atoms with E-state index >= 15 is 0 Å². The average molecular weight is 369 g/mol. The highest BCUT2D eigenvalue weighted by atomic mass is 32.1. The first kappa shape index (κ1) is 17.4. The fourth-order valence-electron chi connectivity index (χ4n) is 3.21. The molecule has 0 fully saturated rings. The van der Waals surface area contributed by atoms with Crippen molar-refractivity contribution in [2.24, 2.45) is 0 Å². The number of aromatic nitrogens is 1. The second-order valence-electron chi connectivity index (χ2n) is 6.60. The SMILES string of the molecule is CN(Cc1ccc(-c2ccccc2C#N)cc1)Cc1nc2ccccc2s1. The summed E-state index contributed by atoms with van der Waals surface area (Å²) in [5, 5.41) is 10.4. The van der Waals surface area contributed by atoms with Crippen LogP contribution < -0.4 is 0 Å². The number of hydrogen-bond donors (Lipinski definition) is 0. The van der Waals surface area contributed by atoms with Crippen molar-refractivity contribution in [2.75, 3.05) is 7.05 Å². The summed E-state index contributed by atoms with van der Waals surface area (Å²) < 4.78 is 1.24. The molecule has 0 atom stereocenters. The first-order valence-corrected chi connectivity index (χ1v) is 9.66. The predicted octanol–water partition coefficient (Wildman–Crippen LogP) is 5.47. The molecule has 0 bridgehead atoms.